The van der Waals surface area contributed by atoms with Gasteiger partial charge in [-0.25, -0.2) is 15.0 Å². The predicted molar refractivity (Wildman–Crippen MR) is 69.9 cm³/mol. The Bertz CT molecular complexity index is 510. The molecule has 5 nitrogen and oxygen atoms in total. The van der Waals surface area contributed by atoms with Crippen LogP contribution in [0.1, 0.15) is 31.0 Å². The van der Waals surface area contributed by atoms with E-state index in [0.717, 1.165) is 17.8 Å². The number of nitrogens with zero attached hydrogens (tertiary/aromatic N) is 4. The van der Waals surface area contributed by atoms with Crippen LogP contribution in [0.4, 0.5) is 0 Å². The lowest BCUT2D eigenvalue weighted by Gasteiger charge is -2.12. The molecule has 0 saturated carbocycles. The monoisotopic (exact) mass is 243 g/mol. The fourth-order valence-corrected chi connectivity index (χ4v) is 1.78. The van der Waals surface area contributed by atoms with Crippen LogP contribution in [0.5, 0.6) is 0 Å². The van der Waals surface area contributed by atoms with Crippen molar-refractivity contribution < 1.29 is 0 Å². The summed E-state index contributed by atoms with van der Waals surface area (Å²) in [5.74, 6) is 0.985. The maximum Gasteiger partial charge on any atom is 0.179 e. The Hall–Kier alpha value is -1.88. The van der Waals surface area contributed by atoms with Gasteiger partial charge in [-0.15, -0.1) is 0 Å². The zero-order chi connectivity index (χ0) is 13.0. The maximum atomic E-state index is 4.61. The van der Waals surface area contributed by atoms with Gasteiger partial charge in [-0.3, -0.25) is 4.98 Å². The molecule has 1 N–H and O–H groups in total. The van der Waals surface area contributed by atoms with Gasteiger partial charge in [0.1, 0.15) is 5.69 Å². The van der Waals surface area contributed by atoms with Crippen molar-refractivity contribution in [2.45, 2.75) is 26.3 Å². The summed E-state index contributed by atoms with van der Waals surface area (Å²) in [4.78, 5) is 17.2. The lowest BCUT2D eigenvalue weighted by atomic mass is 10.1. The second-order valence-electron chi connectivity index (χ2n) is 4.38. The van der Waals surface area contributed by atoms with E-state index < -0.39 is 0 Å². The number of nitrogens with one attached hydrogen (secondary N) is 1. The van der Waals surface area contributed by atoms with Crippen LogP contribution < -0.4 is 5.32 Å². The quantitative estimate of drug-likeness (QED) is 0.886. The number of hydrogen-bond acceptors (Lipinski definition) is 5. The third kappa shape index (κ3) is 2.68. The maximum absolute atomic E-state index is 4.61. The molecule has 2 aromatic heterocycles. The highest BCUT2D eigenvalue weighted by molar-refractivity contribution is 5.47. The normalized spacial score (nSPS) is 10.9. The van der Waals surface area contributed by atoms with Gasteiger partial charge in [0.25, 0.3) is 0 Å². The van der Waals surface area contributed by atoms with Crippen LogP contribution in [0.2, 0.25) is 0 Å². The molecule has 0 aliphatic rings. The van der Waals surface area contributed by atoms with E-state index in [-0.39, 0.29) is 0 Å². The lowest BCUT2D eigenvalue weighted by molar-refractivity contribution is 0.742. The summed E-state index contributed by atoms with van der Waals surface area (Å²) in [5, 5.41) is 3.13. The zero-order valence-corrected chi connectivity index (χ0v) is 10.9. The number of aromatic nitrogens is 4. The first-order valence-electron chi connectivity index (χ1n) is 5.99. The summed E-state index contributed by atoms with van der Waals surface area (Å²) in [5.41, 5.74) is 2.88. The number of hydrogen-bond donors (Lipinski definition) is 1. The van der Waals surface area contributed by atoms with Gasteiger partial charge in [-0.2, -0.15) is 0 Å². The molecule has 94 valence electrons. The summed E-state index contributed by atoms with van der Waals surface area (Å²) in [7, 11) is 1.92. The minimum absolute atomic E-state index is 0.353. The minimum Gasteiger partial charge on any atom is -0.316 e. The van der Waals surface area contributed by atoms with Crippen molar-refractivity contribution in [2.24, 2.45) is 0 Å². The van der Waals surface area contributed by atoms with Gasteiger partial charge < -0.3 is 5.32 Å². The molecule has 0 aromatic carbocycles. The van der Waals surface area contributed by atoms with Crippen LogP contribution in [0.3, 0.4) is 0 Å². The molecule has 0 atom stereocenters. The summed E-state index contributed by atoms with van der Waals surface area (Å²) in [6.07, 6.45) is 6.83. The van der Waals surface area contributed by atoms with Gasteiger partial charge in [0.15, 0.2) is 5.82 Å². The molecule has 0 aliphatic heterocycles. The molecule has 0 fully saturated rings. The van der Waals surface area contributed by atoms with Crippen molar-refractivity contribution in [2.75, 3.05) is 7.05 Å². The Morgan fingerprint density at radius 2 is 2.00 bits per heavy atom. The first-order chi connectivity index (χ1) is 8.72. The Balaban J connectivity index is 2.43. The van der Waals surface area contributed by atoms with Gasteiger partial charge in [-0.05, 0) is 13.0 Å². The van der Waals surface area contributed by atoms with Gasteiger partial charge in [0.2, 0.25) is 0 Å². The lowest BCUT2D eigenvalue weighted by Crippen LogP contribution is -2.11. The van der Waals surface area contributed by atoms with E-state index in [0.29, 0.717) is 17.4 Å². The average Bonchev–Trinajstić information content (AvgIpc) is 2.40. The fourth-order valence-electron chi connectivity index (χ4n) is 1.78. The average molecular weight is 243 g/mol. The first-order valence-corrected chi connectivity index (χ1v) is 5.99. The molecular formula is C13H17N5. The first kappa shape index (κ1) is 12.6. The highest BCUT2D eigenvalue weighted by Gasteiger charge is 2.11. The van der Waals surface area contributed by atoms with E-state index in [4.69, 9.17) is 0 Å². The van der Waals surface area contributed by atoms with Crippen LogP contribution >= 0.6 is 0 Å². The molecule has 0 aliphatic carbocycles. The molecule has 0 saturated heterocycles. The molecule has 0 spiro atoms. The standard InChI is InChI=1S/C13H17N5/c1-9(2)12-10(6-14-3)7-17-13(18-12)11-8-15-4-5-16-11/h4-5,7-9,14H,6H2,1-3H3. The molecule has 0 bridgehead atoms. The van der Waals surface area contributed by atoms with Crippen LogP contribution in [0.25, 0.3) is 11.5 Å². The Morgan fingerprint density at radius 1 is 1.17 bits per heavy atom. The van der Waals surface area contributed by atoms with E-state index in [9.17, 15) is 0 Å². The molecule has 2 heterocycles. The fraction of sp³-hybridized carbons (Fsp3) is 0.385. The smallest absolute Gasteiger partial charge is 0.179 e. The predicted octanol–water partition coefficient (Wildman–Crippen LogP) is 1.78. The van der Waals surface area contributed by atoms with Crippen molar-refractivity contribution in [3.8, 4) is 11.5 Å². The van der Waals surface area contributed by atoms with Gasteiger partial charge in [-0.1, -0.05) is 13.8 Å². The Kier molecular flexibility index (Phi) is 3.94. The van der Waals surface area contributed by atoms with Gasteiger partial charge >= 0.3 is 0 Å². The molecular weight excluding hydrogens is 226 g/mol. The van der Waals surface area contributed by atoms with Crippen molar-refractivity contribution in [3.63, 3.8) is 0 Å². The second kappa shape index (κ2) is 5.64. The van der Waals surface area contributed by atoms with Crippen molar-refractivity contribution in [1.82, 2.24) is 25.3 Å². The molecule has 0 amide bonds. The van der Waals surface area contributed by atoms with Crippen LogP contribution in [-0.4, -0.2) is 27.0 Å². The van der Waals surface area contributed by atoms with Crippen LogP contribution in [0, 0.1) is 0 Å². The number of rotatable bonds is 4. The van der Waals surface area contributed by atoms with E-state index in [2.05, 4.69) is 39.1 Å². The Morgan fingerprint density at radius 3 is 2.61 bits per heavy atom. The minimum atomic E-state index is 0.353. The zero-order valence-electron chi connectivity index (χ0n) is 10.9. The molecule has 18 heavy (non-hydrogen) atoms. The summed E-state index contributed by atoms with van der Waals surface area (Å²) < 4.78 is 0. The van der Waals surface area contributed by atoms with Crippen LogP contribution in [0.15, 0.2) is 24.8 Å². The highest BCUT2D eigenvalue weighted by Crippen LogP contribution is 2.19. The molecule has 2 rings (SSSR count). The van der Waals surface area contributed by atoms with Gasteiger partial charge in [0.05, 0.1) is 11.9 Å². The van der Waals surface area contributed by atoms with E-state index >= 15 is 0 Å². The molecule has 2 aromatic rings. The van der Waals surface area contributed by atoms with Crippen LogP contribution in [-0.2, 0) is 6.54 Å². The van der Waals surface area contributed by atoms with E-state index in [1.165, 1.54) is 0 Å². The van der Waals surface area contributed by atoms with Gasteiger partial charge in [0, 0.05) is 30.7 Å². The van der Waals surface area contributed by atoms with Crippen molar-refractivity contribution >= 4 is 0 Å². The van der Waals surface area contributed by atoms with E-state index in [1.807, 2.05) is 13.2 Å². The highest BCUT2D eigenvalue weighted by atomic mass is 14.9. The second-order valence-corrected chi connectivity index (χ2v) is 4.38. The summed E-state index contributed by atoms with van der Waals surface area (Å²) in [6.45, 7) is 5.03. The topological polar surface area (TPSA) is 63.6 Å². The van der Waals surface area contributed by atoms with Crippen molar-refractivity contribution in [1.29, 1.82) is 0 Å². The summed E-state index contributed by atoms with van der Waals surface area (Å²) >= 11 is 0. The molecule has 0 radical (unpaired) electrons. The molecule has 5 heteroatoms. The van der Waals surface area contributed by atoms with E-state index in [1.54, 1.807) is 18.6 Å². The Labute approximate surface area is 107 Å². The summed E-state index contributed by atoms with van der Waals surface area (Å²) in [6, 6.07) is 0. The largest absolute Gasteiger partial charge is 0.316 e. The third-order valence-corrected chi connectivity index (χ3v) is 2.60. The van der Waals surface area contributed by atoms with Crippen molar-refractivity contribution in [3.05, 3.63) is 36.0 Å². The SMILES string of the molecule is CNCc1cnc(-c2cnccn2)nc1C(C)C. The third-order valence-electron chi connectivity index (χ3n) is 2.60. The molecule has 0 unspecified atom stereocenters.